The predicted molar refractivity (Wildman–Crippen MR) is 99.0 cm³/mol. The maximum Gasteiger partial charge on any atom is 0.233 e. The lowest BCUT2D eigenvalue weighted by Crippen LogP contribution is -2.53. The molecule has 0 aromatic heterocycles. The van der Waals surface area contributed by atoms with E-state index in [1.54, 1.807) is 19.1 Å². The summed E-state index contributed by atoms with van der Waals surface area (Å²) in [5, 5.41) is 9.23. The molecular weight excluding hydrogens is 444 g/mol. The molecule has 5 nitrogen and oxygen atoms in total. The Kier molecular flexibility index (Phi) is 5.31. The molecule has 0 saturated heterocycles. The number of rotatable bonds is 6. The van der Waals surface area contributed by atoms with Crippen LogP contribution in [0.5, 0.6) is 0 Å². The molecule has 0 aliphatic heterocycles. The Balaban J connectivity index is 2.41. The lowest BCUT2D eigenvalue weighted by Gasteiger charge is -2.35. The zero-order valence-corrected chi connectivity index (χ0v) is 16.9. The standard InChI is InChI=1S/C16H21FIN3O2S/c1-15(2,9-19)24(22,23)21(12-5-6-12)10-16(3,20)13-8-11(18)4-7-14(13)17/h4,7-8,12H,5-6,10,20H2,1-3H3. The van der Waals surface area contributed by atoms with Crippen molar-refractivity contribution in [2.24, 2.45) is 5.73 Å². The molecule has 2 N–H and O–H groups in total. The summed E-state index contributed by atoms with van der Waals surface area (Å²) < 4.78 is 40.5. The molecule has 1 unspecified atom stereocenters. The van der Waals surface area contributed by atoms with Gasteiger partial charge in [-0.2, -0.15) is 9.57 Å². The summed E-state index contributed by atoms with van der Waals surface area (Å²) in [6.07, 6.45) is 1.46. The first-order chi connectivity index (χ1) is 10.9. The third-order valence-electron chi connectivity index (χ3n) is 4.21. The topological polar surface area (TPSA) is 87.2 Å². The molecule has 0 radical (unpaired) electrons. The number of nitriles is 1. The van der Waals surface area contributed by atoms with Crippen molar-refractivity contribution in [3.63, 3.8) is 0 Å². The van der Waals surface area contributed by atoms with Gasteiger partial charge in [0.15, 0.2) is 4.75 Å². The second-order valence-electron chi connectivity index (χ2n) is 6.95. The van der Waals surface area contributed by atoms with Crippen molar-refractivity contribution in [3.05, 3.63) is 33.1 Å². The van der Waals surface area contributed by atoms with Crippen LogP contribution in [0.3, 0.4) is 0 Å². The van der Waals surface area contributed by atoms with E-state index in [0.29, 0.717) is 0 Å². The van der Waals surface area contributed by atoms with E-state index in [2.05, 4.69) is 22.6 Å². The third kappa shape index (κ3) is 3.74. The molecule has 0 amide bonds. The second-order valence-corrected chi connectivity index (χ2v) is 10.6. The van der Waals surface area contributed by atoms with Crippen molar-refractivity contribution < 1.29 is 12.8 Å². The zero-order chi connectivity index (χ0) is 18.3. The third-order valence-corrected chi connectivity index (χ3v) is 7.30. The number of halogens is 2. The van der Waals surface area contributed by atoms with Crippen LogP contribution in [-0.2, 0) is 15.6 Å². The van der Waals surface area contributed by atoms with Gasteiger partial charge >= 0.3 is 0 Å². The van der Waals surface area contributed by atoms with Crippen LogP contribution in [0.1, 0.15) is 39.2 Å². The van der Waals surface area contributed by atoms with Gasteiger partial charge in [0.25, 0.3) is 0 Å². The molecule has 1 aliphatic rings. The molecule has 0 bridgehead atoms. The number of nitrogens with zero attached hydrogens (tertiary/aromatic N) is 2. The van der Waals surface area contributed by atoms with Crippen LogP contribution in [0.15, 0.2) is 18.2 Å². The van der Waals surface area contributed by atoms with Crippen LogP contribution in [0.4, 0.5) is 4.39 Å². The molecule has 0 heterocycles. The highest BCUT2D eigenvalue weighted by molar-refractivity contribution is 14.1. The average molecular weight is 465 g/mol. The van der Waals surface area contributed by atoms with Gasteiger partial charge in [-0.25, -0.2) is 12.8 Å². The summed E-state index contributed by atoms with van der Waals surface area (Å²) in [6, 6.07) is 6.26. The first-order valence-electron chi connectivity index (χ1n) is 7.59. The largest absolute Gasteiger partial charge is 0.320 e. The number of hydrogen-bond acceptors (Lipinski definition) is 4. The van der Waals surface area contributed by atoms with E-state index in [0.717, 1.165) is 16.4 Å². The van der Waals surface area contributed by atoms with Crippen molar-refractivity contribution in [2.75, 3.05) is 6.54 Å². The van der Waals surface area contributed by atoms with Gasteiger partial charge in [0.2, 0.25) is 10.0 Å². The smallest absolute Gasteiger partial charge is 0.233 e. The van der Waals surface area contributed by atoms with E-state index in [4.69, 9.17) is 5.73 Å². The molecule has 1 saturated carbocycles. The Bertz CT molecular complexity index is 783. The normalized spacial score (nSPS) is 18.2. The highest BCUT2D eigenvalue weighted by Gasteiger charge is 2.48. The highest BCUT2D eigenvalue weighted by atomic mass is 127. The van der Waals surface area contributed by atoms with Gasteiger partial charge in [-0.05, 0) is 74.4 Å². The van der Waals surface area contributed by atoms with E-state index in [-0.39, 0.29) is 18.2 Å². The molecule has 132 valence electrons. The Morgan fingerprint density at radius 1 is 1.42 bits per heavy atom. The van der Waals surface area contributed by atoms with Crippen LogP contribution < -0.4 is 5.73 Å². The first kappa shape index (κ1) is 19.6. The lowest BCUT2D eigenvalue weighted by atomic mass is 9.92. The summed E-state index contributed by atoms with van der Waals surface area (Å²) in [5.41, 5.74) is 5.39. The minimum absolute atomic E-state index is 0.0673. The predicted octanol–water partition coefficient (Wildman–Crippen LogP) is 2.70. The summed E-state index contributed by atoms with van der Waals surface area (Å²) in [7, 11) is -3.88. The minimum Gasteiger partial charge on any atom is -0.320 e. The van der Waals surface area contributed by atoms with Crippen molar-refractivity contribution in [2.45, 2.75) is 49.9 Å². The van der Waals surface area contributed by atoms with Crippen molar-refractivity contribution in [1.29, 1.82) is 5.26 Å². The highest BCUT2D eigenvalue weighted by Crippen LogP contribution is 2.36. The number of benzene rings is 1. The van der Waals surface area contributed by atoms with Gasteiger partial charge in [-0.1, -0.05) is 0 Å². The summed E-state index contributed by atoms with van der Waals surface area (Å²) in [4.78, 5) is 0. The maximum absolute atomic E-state index is 14.2. The maximum atomic E-state index is 14.2. The van der Waals surface area contributed by atoms with Gasteiger partial charge < -0.3 is 5.73 Å². The van der Waals surface area contributed by atoms with Crippen LogP contribution in [0, 0.1) is 20.7 Å². The first-order valence-corrected chi connectivity index (χ1v) is 10.1. The van der Waals surface area contributed by atoms with Gasteiger partial charge in [0, 0.05) is 21.7 Å². The fraction of sp³-hybridized carbons (Fsp3) is 0.562. The van der Waals surface area contributed by atoms with E-state index < -0.39 is 26.1 Å². The number of nitrogens with two attached hydrogens (primary N) is 1. The molecule has 24 heavy (non-hydrogen) atoms. The van der Waals surface area contributed by atoms with Crippen molar-refractivity contribution in [3.8, 4) is 6.07 Å². The molecule has 1 aromatic carbocycles. The van der Waals surface area contributed by atoms with Crippen LogP contribution in [0.25, 0.3) is 0 Å². The fourth-order valence-corrected chi connectivity index (χ4v) is 4.70. The number of sulfonamides is 1. The fourth-order valence-electron chi connectivity index (χ4n) is 2.47. The minimum atomic E-state index is -3.88. The molecular formula is C16H21FIN3O2S. The van der Waals surface area contributed by atoms with Gasteiger partial charge in [0.1, 0.15) is 5.82 Å². The van der Waals surface area contributed by atoms with Crippen molar-refractivity contribution >= 4 is 32.6 Å². The summed E-state index contributed by atoms with van der Waals surface area (Å²) >= 11 is 2.06. The zero-order valence-electron chi connectivity index (χ0n) is 13.9. The SMILES string of the molecule is CC(N)(CN(C1CC1)S(=O)(=O)C(C)(C)C#N)c1cc(I)ccc1F. The Morgan fingerprint density at radius 2 is 2.00 bits per heavy atom. The average Bonchev–Trinajstić information content (AvgIpc) is 3.31. The van der Waals surface area contributed by atoms with Gasteiger partial charge in [-0.3, -0.25) is 0 Å². The monoisotopic (exact) mass is 465 g/mol. The van der Waals surface area contributed by atoms with E-state index >= 15 is 0 Å². The van der Waals surface area contributed by atoms with Crippen LogP contribution in [-0.4, -0.2) is 30.1 Å². The van der Waals surface area contributed by atoms with Crippen LogP contribution >= 0.6 is 22.6 Å². The quantitative estimate of drug-likeness (QED) is 0.655. The molecule has 8 heteroatoms. The molecule has 1 aromatic rings. The van der Waals surface area contributed by atoms with Gasteiger partial charge in [0.05, 0.1) is 11.6 Å². The molecule has 1 atom stereocenters. The molecule has 1 fully saturated rings. The van der Waals surface area contributed by atoms with Gasteiger partial charge in [-0.15, -0.1) is 0 Å². The Hall–Kier alpha value is -0.760. The summed E-state index contributed by atoms with van der Waals surface area (Å²) in [5.74, 6) is -0.465. The molecule has 1 aliphatic carbocycles. The molecule has 0 spiro atoms. The summed E-state index contributed by atoms with van der Waals surface area (Å²) in [6.45, 7) is 4.29. The van der Waals surface area contributed by atoms with Crippen molar-refractivity contribution in [1.82, 2.24) is 4.31 Å². The Morgan fingerprint density at radius 3 is 2.50 bits per heavy atom. The van der Waals surface area contributed by atoms with E-state index in [9.17, 15) is 18.1 Å². The van der Waals surface area contributed by atoms with E-state index in [1.807, 2.05) is 6.07 Å². The van der Waals surface area contributed by atoms with E-state index in [1.165, 1.54) is 24.2 Å². The lowest BCUT2D eigenvalue weighted by molar-refractivity contribution is 0.304. The van der Waals surface area contributed by atoms with Crippen LogP contribution in [0.2, 0.25) is 0 Å². The molecule has 2 rings (SSSR count). The Labute approximate surface area is 156 Å². The number of hydrogen-bond donors (Lipinski definition) is 1. The second kappa shape index (κ2) is 6.52.